The predicted molar refractivity (Wildman–Crippen MR) is 145 cm³/mol. The van der Waals surface area contributed by atoms with Crippen molar-refractivity contribution in [3.63, 3.8) is 0 Å². The molecule has 0 aromatic heterocycles. The van der Waals surface area contributed by atoms with Crippen LogP contribution in [0.2, 0.25) is 18.1 Å². The van der Waals surface area contributed by atoms with Crippen molar-refractivity contribution in [1.82, 2.24) is 4.90 Å². The number of hydrogen-bond donors (Lipinski definition) is 0. The summed E-state index contributed by atoms with van der Waals surface area (Å²) in [4.78, 5) is 53.9. The smallest absolute Gasteiger partial charge is 0.410 e. The molecule has 1 heterocycles. The summed E-state index contributed by atoms with van der Waals surface area (Å²) in [6.45, 7) is 21.2. The van der Waals surface area contributed by atoms with Gasteiger partial charge in [-0.1, -0.05) is 20.8 Å². The molecule has 0 bridgehead atoms. The molecule has 0 aliphatic carbocycles. The van der Waals surface area contributed by atoms with Crippen molar-refractivity contribution in [2.24, 2.45) is 11.8 Å². The van der Waals surface area contributed by atoms with Crippen LogP contribution in [-0.4, -0.2) is 81.3 Å². The molecule has 11 heteroatoms. The maximum absolute atomic E-state index is 13.4. The molecule has 0 N–H and O–H groups in total. The number of esters is 3. The van der Waals surface area contributed by atoms with Gasteiger partial charge in [0.1, 0.15) is 5.60 Å². The van der Waals surface area contributed by atoms with E-state index in [1.54, 1.807) is 41.5 Å². The quantitative estimate of drug-likeness (QED) is 0.154. The molecule has 3 atom stereocenters. The lowest BCUT2D eigenvalue weighted by Crippen LogP contribution is -2.49. The van der Waals surface area contributed by atoms with Crippen LogP contribution in [0.1, 0.15) is 75.2 Å². The van der Waals surface area contributed by atoms with Gasteiger partial charge in [0.15, 0.2) is 14.2 Å². The number of hydrogen-bond acceptors (Lipinski definition) is 9. The van der Waals surface area contributed by atoms with Gasteiger partial charge in [0.2, 0.25) is 0 Å². The van der Waals surface area contributed by atoms with E-state index < -0.39 is 55.8 Å². The Balaban J connectivity index is 3.60. The normalized spacial score (nSPS) is 19.2. The average Bonchev–Trinajstić information content (AvgIpc) is 3.15. The molecule has 1 saturated heterocycles. The molecule has 38 heavy (non-hydrogen) atoms. The number of amides is 1. The predicted octanol–water partition coefficient (Wildman–Crippen LogP) is 4.70. The Hall–Kier alpha value is -2.14. The van der Waals surface area contributed by atoms with Gasteiger partial charge in [-0.15, -0.1) is 0 Å². The molecular formula is C27H49NO9Si. The van der Waals surface area contributed by atoms with Crippen LogP contribution in [0.5, 0.6) is 0 Å². The van der Waals surface area contributed by atoms with Gasteiger partial charge in [-0.2, -0.15) is 0 Å². The van der Waals surface area contributed by atoms with E-state index in [4.69, 9.17) is 23.4 Å². The Kier molecular flexibility index (Phi) is 12.3. The van der Waals surface area contributed by atoms with E-state index >= 15 is 0 Å². The number of rotatable bonds is 11. The minimum absolute atomic E-state index is 0.0401. The van der Waals surface area contributed by atoms with E-state index in [0.717, 1.165) is 0 Å². The third kappa shape index (κ3) is 9.55. The fourth-order valence-corrected chi connectivity index (χ4v) is 5.60. The molecule has 10 nitrogen and oxygen atoms in total. The maximum atomic E-state index is 13.4. The van der Waals surface area contributed by atoms with E-state index in [1.807, 2.05) is 0 Å². The second kappa shape index (κ2) is 13.8. The number of carbonyl (C=O) groups excluding carboxylic acids is 4. The second-order valence-corrected chi connectivity index (χ2v) is 16.8. The highest BCUT2D eigenvalue weighted by atomic mass is 28.4. The lowest BCUT2D eigenvalue weighted by atomic mass is 9.81. The monoisotopic (exact) mass is 559 g/mol. The van der Waals surface area contributed by atoms with Crippen LogP contribution in [-0.2, 0) is 37.8 Å². The molecule has 1 amide bonds. The van der Waals surface area contributed by atoms with Crippen molar-refractivity contribution >= 4 is 32.3 Å². The molecule has 1 rings (SSSR count). The van der Waals surface area contributed by atoms with Crippen molar-refractivity contribution in [3.8, 4) is 0 Å². The molecule has 1 aliphatic rings. The van der Waals surface area contributed by atoms with E-state index in [0.29, 0.717) is 6.42 Å². The van der Waals surface area contributed by atoms with Gasteiger partial charge in [0, 0.05) is 18.5 Å². The van der Waals surface area contributed by atoms with Crippen molar-refractivity contribution in [3.05, 3.63) is 0 Å². The first kappa shape index (κ1) is 33.9. The summed E-state index contributed by atoms with van der Waals surface area (Å²) in [5, 5.41) is -0.0788. The molecule has 0 aromatic rings. The van der Waals surface area contributed by atoms with Crippen LogP contribution in [0, 0.1) is 11.8 Å². The summed E-state index contributed by atoms with van der Waals surface area (Å²) in [6.07, 6.45) is -0.954. The summed E-state index contributed by atoms with van der Waals surface area (Å²) in [6, 6.07) is -0.733. The van der Waals surface area contributed by atoms with Gasteiger partial charge in [-0.3, -0.25) is 14.4 Å². The van der Waals surface area contributed by atoms with Gasteiger partial charge < -0.3 is 28.3 Å². The van der Waals surface area contributed by atoms with E-state index in [2.05, 4.69) is 33.9 Å². The SMILES string of the molecule is CCOC(=O)CC(C(C(=O)OCC)C(=O)OCC)[C@@H]1C[C@@H](O[Si](C)(C)C(C)(C)C)CN1C(=O)OC(C)(C)C. The number of likely N-dealkylation sites (tertiary alicyclic amines) is 1. The molecule has 0 radical (unpaired) electrons. The Labute approximate surface area is 229 Å². The zero-order chi connectivity index (χ0) is 29.5. The molecule has 0 aromatic carbocycles. The highest BCUT2D eigenvalue weighted by molar-refractivity contribution is 6.74. The largest absolute Gasteiger partial charge is 0.466 e. The second-order valence-electron chi connectivity index (χ2n) is 12.1. The number of carbonyl (C=O) groups is 4. The fraction of sp³-hybridized carbons (Fsp3) is 0.852. The molecule has 0 spiro atoms. The Bertz CT molecular complexity index is 813. The van der Waals surface area contributed by atoms with Crippen LogP contribution in [0.25, 0.3) is 0 Å². The standard InChI is InChI=1S/C27H49NO9Si/c1-12-33-21(29)16-19(22(23(30)34-13-2)24(31)35-14-3)20-15-18(37-38(10,11)27(7,8)9)17-28(20)25(32)36-26(4,5)6/h18-20,22H,12-17H2,1-11H3/t18-,19?,20+/m1/s1. The van der Waals surface area contributed by atoms with Crippen molar-refractivity contribution in [2.75, 3.05) is 26.4 Å². The first-order valence-electron chi connectivity index (χ1n) is 13.5. The van der Waals surface area contributed by atoms with Crippen LogP contribution in [0.4, 0.5) is 4.79 Å². The van der Waals surface area contributed by atoms with Crippen molar-refractivity contribution in [2.45, 2.75) is 111 Å². The molecule has 220 valence electrons. The zero-order valence-corrected chi connectivity index (χ0v) is 26.2. The van der Waals surface area contributed by atoms with Crippen molar-refractivity contribution in [1.29, 1.82) is 0 Å². The molecule has 1 unspecified atom stereocenters. The number of nitrogens with zero attached hydrogens (tertiary/aromatic N) is 1. The summed E-state index contributed by atoms with van der Waals surface area (Å²) in [5.41, 5.74) is -0.779. The van der Waals surface area contributed by atoms with E-state index in [9.17, 15) is 19.2 Å². The Morgan fingerprint density at radius 3 is 1.79 bits per heavy atom. The summed E-state index contributed by atoms with van der Waals surface area (Å²) < 4.78 is 28.0. The minimum atomic E-state index is -2.24. The number of ether oxygens (including phenoxy) is 4. The first-order chi connectivity index (χ1) is 17.4. The van der Waals surface area contributed by atoms with Crippen LogP contribution in [0.3, 0.4) is 0 Å². The Morgan fingerprint density at radius 2 is 1.37 bits per heavy atom. The molecule has 0 saturated carbocycles. The van der Waals surface area contributed by atoms with E-state index in [-0.39, 0.29) is 43.9 Å². The van der Waals surface area contributed by atoms with Gasteiger partial charge >= 0.3 is 24.0 Å². The maximum Gasteiger partial charge on any atom is 0.410 e. The van der Waals surface area contributed by atoms with Gasteiger partial charge in [0.05, 0.1) is 32.3 Å². The molecule has 1 fully saturated rings. The van der Waals surface area contributed by atoms with E-state index in [1.165, 1.54) is 4.90 Å². The lowest BCUT2D eigenvalue weighted by molar-refractivity contribution is -0.166. The topological polar surface area (TPSA) is 118 Å². The van der Waals surface area contributed by atoms with Crippen molar-refractivity contribution < 1.29 is 42.6 Å². The zero-order valence-electron chi connectivity index (χ0n) is 25.2. The fourth-order valence-electron chi connectivity index (χ4n) is 4.24. The lowest BCUT2D eigenvalue weighted by Gasteiger charge is -2.38. The average molecular weight is 560 g/mol. The molecule has 1 aliphatic heterocycles. The highest BCUT2D eigenvalue weighted by Crippen LogP contribution is 2.41. The summed E-state index contributed by atoms with van der Waals surface area (Å²) in [7, 11) is -2.24. The summed E-state index contributed by atoms with van der Waals surface area (Å²) in [5.74, 6) is -4.60. The van der Waals surface area contributed by atoms with Gasteiger partial charge in [-0.25, -0.2) is 4.79 Å². The highest BCUT2D eigenvalue weighted by Gasteiger charge is 2.51. The van der Waals surface area contributed by atoms with Gasteiger partial charge in [-0.05, 0) is 66.1 Å². The Morgan fingerprint density at radius 1 is 0.868 bits per heavy atom. The van der Waals surface area contributed by atoms with Crippen LogP contribution < -0.4 is 0 Å². The van der Waals surface area contributed by atoms with Crippen LogP contribution in [0.15, 0.2) is 0 Å². The molecular weight excluding hydrogens is 510 g/mol. The minimum Gasteiger partial charge on any atom is -0.466 e. The van der Waals surface area contributed by atoms with Gasteiger partial charge in [0.25, 0.3) is 0 Å². The van der Waals surface area contributed by atoms with Crippen LogP contribution >= 0.6 is 0 Å². The summed E-state index contributed by atoms with van der Waals surface area (Å²) >= 11 is 0. The first-order valence-corrected chi connectivity index (χ1v) is 16.5. The third-order valence-electron chi connectivity index (χ3n) is 6.91. The third-order valence-corrected chi connectivity index (χ3v) is 11.4.